The number of amides is 1. The van der Waals surface area contributed by atoms with Crippen LogP contribution in [0.25, 0.3) is 0 Å². The number of allylic oxidation sites excluding steroid dienone is 1. The summed E-state index contributed by atoms with van der Waals surface area (Å²) in [4.78, 5) is 43.0. The molecule has 3 aliphatic carbocycles. The fraction of sp³-hybridized carbons (Fsp3) is 0.825. The first kappa shape index (κ1) is 36.4. The standard InChI is InChI=1S/C40H59N3O6S2/c1-5-23(3)37(46)49-38(4)14-11-26-22-50-51-39(12-7-8-13-39)36-24(6-2)21-43(36)33(44)16-28-20-42-32(41)17-29(28)35(26)40(38)19-27-15-25-9-10-34(45)47-30(25)18-31(27)48-40/h5,11,24-25,27-32,35-36,42H,6-10,12-22,41H2,1-4H3/p+1. The predicted molar refractivity (Wildman–Crippen MR) is 199 cm³/mol. The van der Waals surface area contributed by atoms with Crippen LogP contribution >= 0.6 is 21.6 Å². The van der Waals surface area contributed by atoms with Crippen LogP contribution in [0.1, 0.15) is 111 Å². The minimum Gasteiger partial charge on any atom is -0.462 e. The Labute approximate surface area is 312 Å². The van der Waals surface area contributed by atoms with Gasteiger partial charge in [-0.2, -0.15) is 0 Å². The van der Waals surface area contributed by atoms with E-state index in [1.807, 2.05) is 30.7 Å². The average Bonchev–Trinajstić information content (AvgIpc) is 3.71. The molecule has 51 heavy (non-hydrogen) atoms. The van der Waals surface area contributed by atoms with Gasteiger partial charge in [0.05, 0.1) is 18.7 Å². The molecule has 0 radical (unpaired) electrons. The van der Waals surface area contributed by atoms with E-state index >= 15 is 0 Å². The highest BCUT2D eigenvalue weighted by molar-refractivity contribution is 8.77. The smallest absolute Gasteiger partial charge is 0.334 e. The zero-order valence-electron chi connectivity index (χ0n) is 31.1. The maximum atomic E-state index is 14.6. The number of fused-ring (bicyclic) bond motifs is 8. The van der Waals surface area contributed by atoms with E-state index < -0.39 is 11.2 Å². The van der Waals surface area contributed by atoms with Crippen LogP contribution in [0.4, 0.5) is 0 Å². The highest BCUT2D eigenvalue weighted by atomic mass is 33.1. The number of piperidine rings is 1. The number of nitrogens with zero attached hydrogens (tertiary/aromatic N) is 1. The summed E-state index contributed by atoms with van der Waals surface area (Å²) in [7, 11) is 4.06. The van der Waals surface area contributed by atoms with Crippen LogP contribution in [0.3, 0.4) is 0 Å². The fourth-order valence-electron chi connectivity index (χ4n) is 12.1. The van der Waals surface area contributed by atoms with Crippen LogP contribution in [-0.4, -0.2) is 82.0 Å². The van der Waals surface area contributed by atoms with E-state index in [1.54, 1.807) is 0 Å². The first-order valence-corrected chi connectivity index (χ1v) is 22.4. The van der Waals surface area contributed by atoms with Gasteiger partial charge in [-0.1, -0.05) is 59.1 Å². The third-order valence-corrected chi connectivity index (χ3v) is 18.2. The average molecular weight is 743 g/mol. The number of esters is 2. The van der Waals surface area contributed by atoms with E-state index in [0.29, 0.717) is 55.0 Å². The second-order valence-electron chi connectivity index (χ2n) is 17.6. The van der Waals surface area contributed by atoms with Gasteiger partial charge in [-0.25, -0.2) is 4.79 Å². The molecule has 8 rings (SSSR count). The van der Waals surface area contributed by atoms with Crippen molar-refractivity contribution in [3.05, 3.63) is 23.3 Å². The second-order valence-corrected chi connectivity index (χ2v) is 20.3. The van der Waals surface area contributed by atoms with Crippen LogP contribution in [0.15, 0.2) is 23.3 Å². The Morgan fingerprint density at radius 3 is 2.73 bits per heavy atom. The molecule has 5 aliphatic heterocycles. The third kappa shape index (κ3) is 6.15. The number of hydrogen-bond donors (Lipinski definition) is 2. The molecule has 12 unspecified atom stereocenters. The van der Waals surface area contributed by atoms with Crippen molar-refractivity contribution in [3.63, 3.8) is 0 Å². The summed E-state index contributed by atoms with van der Waals surface area (Å²) in [6, 6.07) is 0.321. The van der Waals surface area contributed by atoms with Crippen molar-refractivity contribution in [2.75, 3.05) is 18.8 Å². The minimum atomic E-state index is -0.917. The van der Waals surface area contributed by atoms with E-state index in [9.17, 15) is 14.4 Å². The van der Waals surface area contributed by atoms with Crippen molar-refractivity contribution in [1.29, 1.82) is 0 Å². The van der Waals surface area contributed by atoms with Crippen molar-refractivity contribution < 1.29 is 33.9 Å². The van der Waals surface area contributed by atoms with Crippen molar-refractivity contribution >= 4 is 39.4 Å². The number of nitrogens with two attached hydrogens (primary N) is 2. The molecule has 11 heteroatoms. The van der Waals surface area contributed by atoms with Gasteiger partial charge in [0, 0.05) is 66.6 Å². The maximum absolute atomic E-state index is 14.6. The van der Waals surface area contributed by atoms with E-state index in [2.05, 4.69) is 40.9 Å². The van der Waals surface area contributed by atoms with Crippen LogP contribution in [-0.2, 0) is 28.6 Å². The molecule has 7 fully saturated rings. The third-order valence-electron chi connectivity index (χ3n) is 14.9. The first-order chi connectivity index (χ1) is 24.5. The maximum Gasteiger partial charge on any atom is 0.334 e. The molecule has 0 bridgehead atoms. The second kappa shape index (κ2) is 14.0. The van der Waals surface area contributed by atoms with Gasteiger partial charge in [-0.3, -0.25) is 15.3 Å². The van der Waals surface area contributed by atoms with Gasteiger partial charge in [0.2, 0.25) is 5.91 Å². The fourth-order valence-corrected chi connectivity index (χ4v) is 15.8. The lowest BCUT2D eigenvalue weighted by molar-refractivity contribution is -0.706. The van der Waals surface area contributed by atoms with Gasteiger partial charge in [0.15, 0.2) is 0 Å². The molecule has 282 valence electrons. The lowest BCUT2D eigenvalue weighted by Crippen LogP contribution is -2.96. The zero-order chi connectivity index (χ0) is 35.7. The molecule has 0 aromatic heterocycles. The molecule has 4 N–H and O–H groups in total. The Morgan fingerprint density at radius 1 is 1.16 bits per heavy atom. The van der Waals surface area contributed by atoms with Crippen LogP contribution in [0, 0.1) is 35.5 Å². The highest BCUT2D eigenvalue weighted by Gasteiger charge is 2.68. The molecule has 12 atom stereocenters. The van der Waals surface area contributed by atoms with Crippen LogP contribution in [0.5, 0.6) is 0 Å². The summed E-state index contributed by atoms with van der Waals surface area (Å²) < 4.78 is 20.3. The monoisotopic (exact) mass is 742 g/mol. The van der Waals surface area contributed by atoms with E-state index in [1.165, 1.54) is 31.3 Å². The van der Waals surface area contributed by atoms with E-state index in [4.69, 9.17) is 19.9 Å². The zero-order valence-corrected chi connectivity index (χ0v) is 32.7. The number of ether oxygens (including phenoxy) is 3. The summed E-state index contributed by atoms with van der Waals surface area (Å²) in [5.74, 6) is 2.17. The van der Waals surface area contributed by atoms with E-state index in [0.717, 1.165) is 50.9 Å². The molecule has 1 amide bonds. The van der Waals surface area contributed by atoms with Gasteiger partial charge < -0.3 is 24.4 Å². The molecule has 0 aromatic carbocycles. The van der Waals surface area contributed by atoms with Gasteiger partial charge in [-0.15, -0.1) is 0 Å². The molecule has 9 nitrogen and oxygen atoms in total. The summed E-state index contributed by atoms with van der Waals surface area (Å²) in [6.07, 6.45) is 15.6. The molecule has 5 saturated heterocycles. The van der Waals surface area contributed by atoms with Gasteiger partial charge >= 0.3 is 11.9 Å². The van der Waals surface area contributed by atoms with Crippen molar-refractivity contribution in [1.82, 2.24) is 4.90 Å². The highest BCUT2D eigenvalue weighted by Crippen LogP contribution is 2.63. The molecule has 0 aromatic rings. The van der Waals surface area contributed by atoms with Crippen molar-refractivity contribution in [2.24, 2.45) is 41.2 Å². The quantitative estimate of drug-likeness (QED) is 0.172. The summed E-state index contributed by atoms with van der Waals surface area (Å²) in [5, 5.41) is 2.24. The van der Waals surface area contributed by atoms with Gasteiger partial charge in [-0.05, 0) is 83.0 Å². The molecular formula is C40H60N3O6S2+. The largest absolute Gasteiger partial charge is 0.462 e. The van der Waals surface area contributed by atoms with E-state index in [-0.39, 0.29) is 58.7 Å². The summed E-state index contributed by atoms with van der Waals surface area (Å²) in [6.45, 7) is 9.80. The number of rotatable bonds is 3. The topological polar surface area (TPSA) is 125 Å². The van der Waals surface area contributed by atoms with Crippen LogP contribution in [0.2, 0.25) is 0 Å². The molecular weight excluding hydrogens is 683 g/mol. The number of quaternary nitrogens is 1. The normalized spacial score (nSPS) is 45.2. The van der Waals surface area contributed by atoms with Gasteiger partial charge in [0.1, 0.15) is 23.5 Å². The number of carbonyl (C=O) groups is 3. The predicted octanol–water partition coefficient (Wildman–Crippen LogP) is 5.28. The number of carbonyl (C=O) groups excluding carboxylic acids is 3. The molecule has 2 spiro atoms. The first-order valence-electron chi connectivity index (χ1n) is 20.1. The molecule has 5 heterocycles. The lowest BCUT2D eigenvalue weighted by atomic mass is 9.56. The SMILES string of the molecule is CC=C(C)C(=O)OC1(C)CC=C2CSSC3(CCCC3)C3C(CC)CN3C(=O)CC3C[NH2+]C(N)CC3C2C12CC1CC3CCC(=O)OC3CC1O2. The summed E-state index contributed by atoms with van der Waals surface area (Å²) >= 11 is 0. The Hall–Kier alpha value is -1.53. The Morgan fingerprint density at radius 2 is 1.96 bits per heavy atom. The number of hydrogen-bond acceptors (Lipinski definition) is 9. The Balaban J connectivity index is 1.22. The van der Waals surface area contributed by atoms with Crippen molar-refractivity contribution in [2.45, 2.75) is 152 Å². The molecule has 2 saturated carbocycles. The minimum absolute atomic E-state index is 0.0506. The Kier molecular flexibility index (Phi) is 9.97. The summed E-state index contributed by atoms with van der Waals surface area (Å²) in [5.41, 5.74) is 7.10. The Bertz CT molecular complexity index is 1460. The van der Waals surface area contributed by atoms with Gasteiger partial charge in [0.25, 0.3) is 0 Å². The lowest BCUT2D eigenvalue weighted by Gasteiger charge is -2.58. The molecule has 8 aliphatic rings. The van der Waals surface area contributed by atoms with Crippen molar-refractivity contribution in [3.8, 4) is 0 Å². The van der Waals surface area contributed by atoms with Crippen LogP contribution < -0.4 is 11.1 Å².